The number of hydrogen-bond donors (Lipinski definition) is 0. The fourth-order valence-corrected chi connectivity index (χ4v) is 0.976. The van der Waals surface area contributed by atoms with E-state index < -0.39 is 0 Å². The van der Waals surface area contributed by atoms with Crippen molar-refractivity contribution in [2.45, 2.75) is 6.17 Å². The molecular formula is C9H18N2O2. The topological polar surface area (TPSA) is 32.8 Å². The number of carbonyl (C=O) groups is 1. The van der Waals surface area contributed by atoms with Gasteiger partial charge in [-0.25, -0.2) is 4.79 Å². The average molecular weight is 186 g/mol. The maximum Gasteiger partial charge on any atom is 0.330 e. The quantitative estimate of drug-likeness (QED) is 0.348. The first-order valence-corrected chi connectivity index (χ1v) is 4.11. The molecule has 0 aliphatic rings. The van der Waals surface area contributed by atoms with E-state index in [1.54, 1.807) is 0 Å². The van der Waals surface area contributed by atoms with E-state index in [0.29, 0.717) is 6.61 Å². The summed E-state index contributed by atoms with van der Waals surface area (Å²) in [4.78, 5) is 14.7. The van der Waals surface area contributed by atoms with Gasteiger partial charge in [0.15, 0.2) is 0 Å². The van der Waals surface area contributed by atoms with E-state index in [9.17, 15) is 4.79 Å². The highest BCUT2D eigenvalue weighted by molar-refractivity contribution is 5.81. The first kappa shape index (κ1) is 12.1. The van der Waals surface area contributed by atoms with Crippen LogP contribution >= 0.6 is 0 Å². The largest absolute Gasteiger partial charge is 0.459 e. The van der Waals surface area contributed by atoms with Gasteiger partial charge >= 0.3 is 5.97 Å². The number of rotatable bonds is 5. The lowest BCUT2D eigenvalue weighted by molar-refractivity contribution is -0.141. The van der Waals surface area contributed by atoms with Crippen LogP contribution in [0.5, 0.6) is 0 Å². The van der Waals surface area contributed by atoms with Crippen LogP contribution in [0, 0.1) is 0 Å². The third-order valence-corrected chi connectivity index (χ3v) is 1.73. The van der Waals surface area contributed by atoms with Crippen molar-refractivity contribution in [1.82, 2.24) is 9.80 Å². The summed E-state index contributed by atoms with van der Waals surface area (Å²) in [5.41, 5.74) is 0. The molecule has 0 spiro atoms. The molecule has 0 aromatic heterocycles. The summed E-state index contributed by atoms with van der Waals surface area (Å²) in [7, 11) is 7.75. The molecule has 0 unspecified atom stereocenters. The molecule has 0 aliphatic heterocycles. The average Bonchev–Trinajstić information content (AvgIpc) is 2.03. The van der Waals surface area contributed by atoms with Gasteiger partial charge in [-0.15, -0.1) is 0 Å². The number of esters is 1. The molecule has 4 heteroatoms. The van der Waals surface area contributed by atoms with Crippen molar-refractivity contribution in [2.24, 2.45) is 0 Å². The van der Waals surface area contributed by atoms with E-state index >= 15 is 0 Å². The third-order valence-electron chi connectivity index (χ3n) is 1.73. The van der Waals surface area contributed by atoms with Crippen LogP contribution in [-0.4, -0.2) is 56.7 Å². The second kappa shape index (κ2) is 5.72. The molecule has 0 aliphatic carbocycles. The summed E-state index contributed by atoms with van der Waals surface area (Å²) in [5.74, 6) is -0.381. The molecule has 0 bridgehead atoms. The normalized spacial score (nSPS) is 11.0. The SMILES string of the molecule is C=CC(=O)OCC(N(C)C)N(C)C. The highest BCUT2D eigenvalue weighted by atomic mass is 16.5. The molecule has 0 saturated carbocycles. The molecule has 0 amide bonds. The Morgan fingerprint density at radius 2 is 1.85 bits per heavy atom. The Balaban J connectivity index is 3.97. The second-order valence-corrected chi connectivity index (χ2v) is 3.24. The van der Waals surface area contributed by atoms with E-state index in [-0.39, 0.29) is 12.1 Å². The number of carbonyl (C=O) groups excluding carboxylic acids is 1. The van der Waals surface area contributed by atoms with Gasteiger partial charge in [0.05, 0.1) is 6.17 Å². The van der Waals surface area contributed by atoms with Gasteiger partial charge in [-0.3, -0.25) is 9.80 Å². The number of ether oxygens (including phenoxy) is 1. The van der Waals surface area contributed by atoms with Crippen LogP contribution in [0.4, 0.5) is 0 Å². The molecule has 13 heavy (non-hydrogen) atoms. The van der Waals surface area contributed by atoms with Crippen molar-refractivity contribution in [3.63, 3.8) is 0 Å². The monoisotopic (exact) mass is 186 g/mol. The molecule has 76 valence electrons. The van der Waals surface area contributed by atoms with Gasteiger partial charge in [0, 0.05) is 6.08 Å². The summed E-state index contributed by atoms with van der Waals surface area (Å²) in [6.45, 7) is 3.68. The Hall–Kier alpha value is -0.870. The Bertz CT molecular complexity index is 170. The van der Waals surface area contributed by atoms with Crippen LogP contribution in [0.25, 0.3) is 0 Å². The molecule has 0 N–H and O–H groups in total. The molecular weight excluding hydrogens is 168 g/mol. The van der Waals surface area contributed by atoms with Crippen molar-refractivity contribution < 1.29 is 9.53 Å². The Labute approximate surface area is 79.8 Å². The van der Waals surface area contributed by atoms with E-state index in [1.165, 1.54) is 6.08 Å². The minimum absolute atomic E-state index is 0.101. The van der Waals surface area contributed by atoms with E-state index in [0.717, 1.165) is 0 Å². The van der Waals surface area contributed by atoms with Crippen LogP contribution in [0.3, 0.4) is 0 Å². The van der Waals surface area contributed by atoms with E-state index in [2.05, 4.69) is 6.58 Å². The molecule has 0 rings (SSSR count). The van der Waals surface area contributed by atoms with Crippen LogP contribution in [0.1, 0.15) is 0 Å². The molecule has 0 atom stereocenters. The number of likely N-dealkylation sites (N-methyl/N-ethyl adjacent to an activating group) is 2. The third kappa shape index (κ3) is 4.65. The standard InChI is InChI=1S/C9H18N2O2/c1-6-9(12)13-7-8(10(2)3)11(4)5/h6,8H,1,7H2,2-5H3. The molecule has 0 aromatic rings. The van der Waals surface area contributed by atoms with Crippen molar-refractivity contribution >= 4 is 5.97 Å². The minimum atomic E-state index is -0.381. The van der Waals surface area contributed by atoms with Gasteiger partial charge in [-0.1, -0.05) is 6.58 Å². The van der Waals surface area contributed by atoms with Crippen molar-refractivity contribution in [3.8, 4) is 0 Å². The van der Waals surface area contributed by atoms with E-state index in [1.807, 2.05) is 38.0 Å². The van der Waals surface area contributed by atoms with Crippen LogP contribution < -0.4 is 0 Å². The lowest BCUT2D eigenvalue weighted by Gasteiger charge is -2.29. The molecule has 0 fully saturated rings. The summed E-state index contributed by atoms with van der Waals surface area (Å²) >= 11 is 0. The minimum Gasteiger partial charge on any atom is -0.459 e. The first-order valence-electron chi connectivity index (χ1n) is 4.11. The van der Waals surface area contributed by atoms with E-state index in [4.69, 9.17) is 4.74 Å². The van der Waals surface area contributed by atoms with Gasteiger partial charge in [-0.2, -0.15) is 0 Å². The lowest BCUT2D eigenvalue weighted by atomic mass is 10.4. The van der Waals surface area contributed by atoms with Gasteiger partial charge in [-0.05, 0) is 28.2 Å². The number of hydrogen-bond acceptors (Lipinski definition) is 4. The zero-order chi connectivity index (χ0) is 10.4. The van der Waals surface area contributed by atoms with Crippen LogP contribution in [-0.2, 0) is 9.53 Å². The summed E-state index contributed by atoms with van der Waals surface area (Å²) < 4.78 is 4.94. The first-order chi connectivity index (χ1) is 5.99. The Morgan fingerprint density at radius 1 is 1.38 bits per heavy atom. The molecule has 0 aromatic carbocycles. The summed E-state index contributed by atoms with van der Waals surface area (Å²) in [6, 6.07) is 0. The molecule has 0 saturated heterocycles. The predicted molar refractivity (Wildman–Crippen MR) is 52.3 cm³/mol. The molecule has 0 radical (unpaired) electrons. The van der Waals surface area contributed by atoms with Gasteiger partial charge in [0.25, 0.3) is 0 Å². The van der Waals surface area contributed by atoms with Crippen LogP contribution in [0.15, 0.2) is 12.7 Å². The van der Waals surface area contributed by atoms with Crippen molar-refractivity contribution in [2.75, 3.05) is 34.8 Å². The summed E-state index contributed by atoms with van der Waals surface area (Å²) in [5, 5.41) is 0. The second-order valence-electron chi connectivity index (χ2n) is 3.24. The fourth-order valence-electron chi connectivity index (χ4n) is 0.976. The van der Waals surface area contributed by atoms with Gasteiger partial charge < -0.3 is 4.74 Å². The Morgan fingerprint density at radius 3 is 2.15 bits per heavy atom. The smallest absolute Gasteiger partial charge is 0.330 e. The fraction of sp³-hybridized carbons (Fsp3) is 0.667. The predicted octanol–water partition coefficient (Wildman–Crippen LogP) is 0.165. The Kier molecular flexibility index (Phi) is 5.34. The van der Waals surface area contributed by atoms with Crippen LogP contribution in [0.2, 0.25) is 0 Å². The van der Waals surface area contributed by atoms with Crippen molar-refractivity contribution in [3.05, 3.63) is 12.7 Å². The maximum atomic E-state index is 10.8. The molecule has 0 heterocycles. The van der Waals surface area contributed by atoms with Crippen molar-refractivity contribution in [1.29, 1.82) is 0 Å². The van der Waals surface area contributed by atoms with Gasteiger partial charge in [0.1, 0.15) is 6.61 Å². The number of nitrogens with zero attached hydrogens (tertiary/aromatic N) is 2. The highest BCUT2D eigenvalue weighted by Crippen LogP contribution is 1.98. The summed E-state index contributed by atoms with van der Waals surface area (Å²) in [6.07, 6.45) is 1.27. The highest BCUT2D eigenvalue weighted by Gasteiger charge is 2.14. The molecule has 4 nitrogen and oxygen atoms in total. The lowest BCUT2D eigenvalue weighted by Crippen LogP contribution is -2.44. The maximum absolute atomic E-state index is 10.8. The zero-order valence-electron chi connectivity index (χ0n) is 8.78. The van der Waals surface area contributed by atoms with Gasteiger partial charge in [0.2, 0.25) is 0 Å². The zero-order valence-corrected chi connectivity index (χ0v) is 8.78.